The molecule has 0 atom stereocenters. The second-order valence-corrected chi connectivity index (χ2v) is 5.45. The van der Waals surface area contributed by atoms with Crippen LogP contribution in [0.4, 0.5) is 0 Å². The lowest BCUT2D eigenvalue weighted by Crippen LogP contribution is -2.59. The molecule has 1 fully saturated rings. The van der Waals surface area contributed by atoms with Gasteiger partial charge in [-0.2, -0.15) is 0 Å². The van der Waals surface area contributed by atoms with Gasteiger partial charge in [-0.05, 0) is 14.1 Å². The smallest absolute Gasteiger partial charge is 0.223 e. The topological polar surface area (TPSA) is 50.6 Å². The molecule has 1 aromatic rings. The normalized spacial score (nSPS) is 15.7. The van der Waals surface area contributed by atoms with Gasteiger partial charge in [-0.1, -0.05) is 0 Å². The fraction of sp³-hybridized carbons (Fsp3) is 0.714. The maximum Gasteiger partial charge on any atom is 0.223 e. The summed E-state index contributed by atoms with van der Waals surface area (Å²) >= 11 is 0. The number of aryl methyl sites for hydroxylation is 1. The van der Waals surface area contributed by atoms with Crippen LogP contribution in [0.3, 0.4) is 0 Å². The molecule has 6 heteroatoms. The van der Waals surface area contributed by atoms with E-state index in [1.807, 2.05) is 11.1 Å². The molecule has 1 amide bonds. The first-order valence-electron chi connectivity index (χ1n) is 7.05. The number of imidazole rings is 1. The highest BCUT2D eigenvalue weighted by Gasteiger charge is 2.31. The zero-order chi connectivity index (χ0) is 14.5. The van der Waals surface area contributed by atoms with E-state index in [4.69, 9.17) is 4.74 Å². The van der Waals surface area contributed by atoms with Gasteiger partial charge in [0.2, 0.25) is 5.91 Å². The van der Waals surface area contributed by atoms with Gasteiger partial charge in [0.05, 0.1) is 6.61 Å². The van der Waals surface area contributed by atoms with Gasteiger partial charge in [0.1, 0.15) is 5.82 Å². The molecule has 1 aliphatic heterocycles. The summed E-state index contributed by atoms with van der Waals surface area (Å²) in [4.78, 5) is 20.5. The van der Waals surface area contributed by atoms with Gasteiger partial charge in [-0.15, -0.1) is 0 Å². The fourth-order valence-electron chi connectivity index (χ4n) is 2.32. The van der Waals surface area contributed by atoms with E-state index in [9.17, 15) is 4.79 Å². The highest BCUT2D eigenvalue weighted by molar-refractivity contribution is 5.77. The number of likely N-dealkylation sites (N-methyl/N-ethyl adjacent to an activating group) is 1. The van der Waals surface area contributed by atoms with Crippen molar-refractivity contribution in [3.05, 3.63) is 18.2 Å². The van der Waals surface area contributed by atoms with Gasteiger partial charge in [-0.3, -0.25) is 4.79 Å². The molecule has 1 aliphatic rings. The standard InChI is InChI=1S/C14H24N4O2/c1-16(2)12-10-18(11-12)14(19)5-4-13-15-6-7-17(13)8-9-20-3/h6-7,12H,4-5,8-11H2,1-3H3. The molecular formula is C14H24N4O2. The van der Waals surface area contributed by atoms with Crippen molar-refractivity contribution in [2.75, 3.05) is 40.9 Å². The molecule has 1 saturated heterocycles. The number of amides is 1. The molecule has 0 N–H and O–H groups in total. The Morgan fingerprint density at radius 2 is 2.25 bits per heavy atom. The van der Waals surface area contributed by atoms with Crippen molar-refractivity contribution in [1.82, 2.24) is 19.4 Å². The van der Waals surface area contributed by atoms with E-state index in [1.54, 1.807) is 13.3 Å². The predicted molar refractivity (Wildman–Crippen MR) is 76.5 cm³/mol. The third-order valence-corrected chi connectivity index (χ3v) is 3.85. The Hall–Kier alpha value is -1.40. The minimum atomic E-state index is 0.226. The summed E-state index contributed by atoms with van der Waals surface area (Å²) in [6.45, 7) is 3.15. The van der Waals surface area contributed by atoms with Crippen LogP contribution in [0.2, 0.25) is 0 Å². The van der Waals surface area contributed by atoms with E-state index in [0.29, 0.717) is 25.5 Å². The number of hydrogen-bond acceptors (Lipinski definition) is 4. The molecule has 0 aromatic carbocycles. The minimum absolute atomic E-state index is 0.226. The summed E-state index contributed by atoms with van der Waals surface area (Å²) in [6, 6.07) is 0.516. The van der Waals surface area contributed by atoms with Crippen molar-refractivity contribution >= 4 is 5.91 Å². The second kappa shape index (κ2) is 6.85. The van der Waals surface area contributed by atoms with Crippen molar-refractivity contribution in [2.24, 2.45) is 0 Å². The quantitative estimate of drug-likeness (QED) is 0.718. The van der Waals surface area contributed by atoms with Crippen LogP contribution in [0.15, 0.2) is 12.4 Å². The third-order valence-electron chi connectivity index (χ3n) is 3.85. The lowest BCUT2D eigenvalue weighted by atomic mass is 10.1. The van der Waals surface area contributed by atoms with Crippen molar-refractivity contribution < 1.29 is 9.53 Å². The molecule has 0 bridgehead atoms. The van der Waals surface area contributed by atoms with E-state index in [2.05, 4.69) is 28.5 Å². The number of nitrogens with zero attached hydrogens (tertiary/aromatic N) is 4. The highest BCUT2D eigenvalue weighted by atomic mass is 16.5. The number of methoxy groups -OCH3 is 1. The van der Waals surface area contributed by atoms with Gasteiger partial charge >= 0.3 is 0 Å². The zero-order valence-electron chi connectivity index (χ0n) is 12.6. The third kappa shape index (κ3) is 3.58. The Balaban J connectivity index is 1.75. The number of ether oxygens (including phenoxy) is 1. The summed E-state index contributed by atoms with van der Waals surface area (Å²) < 4.78 is 7.12. The molecular weight excluding hydrogens is 256 g/mol. The Kier molecular flexibility index (Phi) is 5.14. The molecule has 2 rings (SSSR count). The molecule has 0 unspecified atom stereocenters. The first-order valence-corrected chi connectivity index (χ1v) is 7.05. The van der Waals surface area contributed by atoms with Crippen LogP contribution in [0.1, 0.15) is 12.2 Å². The molecule has 2 heterocycles. The number of carbonyl (C=O) groups excluding carboxylic acids is 1. The lowest BCUT2D eigenvalue weighted by molar-refractivity contribution is -0.137. The van der Waals surface area contributed by atoms with Gasteiger partial charge in [-0.25, -0.2) is 4.98 Å². The molecule has 0 radical (unpaired) electrons. The van der Waals surface area contributed by atoms with Gasteiger partial charge < -0.3 is 19.1 Å². The largest absolute Gasteiger partial charge is 0.383 e. The van der Waals surface area contributed by atoms with Crippen LogP contribution in [0, 0.1) is 0 Å². The summed E-state index contributed by atoms with van der Waals surface area (Å²) in [5.74, 6) is 1.18. The number of aromatic nitrogens is 2. The molecule has 0 aliphatic carbocycles. The Morgan fingerprint density at radius 1 is 1.50 bits per heavy atom. The van der Waals surface area contributed by atoms with E-state index < -0.39 is 0 Å². The van der Waals surface area contributed by atoms with Gasteiger partial charge in [0, 0.05) is 58.0 Å². The summed E-state index contributed by atoms with van der Waals surface area (Å²) in [5.41, 5.74) is 0. The second-order valence-electron chi connectivity index (χ2n) is 5.45. The Bertz CT molecular complexity index is 438. The first-order chi connectivity index (χ1) is 9.61. The molecule has 6 nitrogen and oxygen atoms in total. The molecule has 0 saturated carbocycles. The van der Waals surface area contributed by atoms with Crippen molar-refractivity contribution in [2.45, 2.75) is 25.4 Å². The number of carbonyl (C=O) groups is 1. The van der Waals surface area contributed by atoms with E-state index >= 15 is 0 Å². The maximum absolute atomic E-state index is 12.1. The molecule has 112 valence electrons. The fourth-order valence-corrected chi connectivity index (χ4v) is 2.32. The zero-order valence-corrected chi connectivity index (χ0v) is 12.6. The molecule has 1 aromatic heterocycles. The van der Waals surface area contributed by atoms with Crippen LogP contribution in [0.5, 0.6) is 0 Å². The van der Waals surface area contributed by atoms with Gasteiger partial charge in [0.15, 0.2) is 0 Å². The van der Waals surface area contributed by atoms with Crippen LogP contribution in [-0.4, -0.2) is 72.2 Å². The van der Waals surface area contributed by atoms with Crippen molar-refractivity contribution in [1.29, 1.82) is 0 Å². The average Bonchev–Trinajstić information content (AvgIpc) is 2.78. The minimum Gasteiger partial charge on any atom is -0.383 e. The van der Waals surface area contributed by atoms with Crippen LogP contribution in [-0.2, 0) is 22.5 Å². The maximum atomic E-state index is 12.1. The molecule has 20 heavy (non-hydrogen) atoms. The number of likely N-dealkylation sites (tertiary alicyclic amines) is 1. The highest BCUT2D eigenvalue weighted by Crippen LogP contribution is 2.14. The monoisotopic (exact) mass is 280 g/mol. The summed E-state index contributed by atoms with van der Waals surface area (Å²) in [5, 5.41) is 0. The van der Waals surface area contributed by atoms with Gasteiger partial charge in [0.25, 0.3) is 0 Å². The van der Waals surface area contributed by atoms with Crippen LogP contribution >= 0.6 is 0 Å². The lowest BCUT2D eigenvalue weighted by Gasteiger charge is -2.42. The van der Waals surface area contributed by atoms with Crippen LogP contribution < -0.4 is 0 Å². The SMILES string of the molecule is COCCn1ccnc1CCC(=O)N1CC(N(C)C)C1. The number of rotatable bonds is 7. The summed E-state index contributed by atoms with van der Waals surface area (Å²) in [7, 11) is 5.79. The van der Waals surface area contributed by atoms with Crippen molar-refractivity contribution in [3.63, 3.8) is 0 Å². The van der Waals surface area contributed by atoms with Crippen molar-refractivity contribution in [3.8, 4) is 0 Å². The van der Waals surface area contributed by atoms with E-state index in [-0.39, 0.29) is 5.91 Å². The van der Waals surface area contributed by atoms with Crippen LogP contribution in [0.25, 0.3) is 0 Å². The average molecular weight is 280 g/mol. The predicted octanol–water partition coefficient (Wildman–Crippen LogP) is 0.235. The van der Waals surface area contributed by atoms with E-state index in [1.165, 1.54) is 0 Å². The van der Waals surface area contributed by atoms with E-state index in [0.717, 1.165) is 25.5 Å². The Labute approximate surface area is 120 Å². The molecule has 0 spiro atoms. The number of hydrogen-bond donors (Lipinski definition) is 0. The summed E-state index contributed by atoms with van der Waals surface area (Å²) in [6.07, 6.45) is 4.94. The first kappa shape index (κ1) is 15.0. The Morgan fingerprint density at radius 3 is 2.90 bits per heavy atom.